The van der Waals surface area contributed by atoms with E-state index in [0.29, 0.717) is 6.42 Å². The Kier molecular flexibility index (Phi) is 3.18. The molecule has 0 saturated heterocycles. The summed E-state index contributed by atoms with van der Waals surface area (Å²) in [5, 5.41) is 0. The van der Waals surface area contributed by atoms with E-state index in [-0.39, 0.29) is 11.7 Å². The van der Waals surface area contributed by atoms with E-state index in [4.69, 9.17) is 0 Å². The lowest BCUT2D eigenvalue weighted by Gasteiger charge is -2.19. The lowest BCUT2D eigenvalue weighted by atomic mass is 9.84. The molecule has 0 saturated carbocycles. The van der Waals surface area contributed by atoms with Gasteiger partial charge in [0.1, 0.15) is 6.29 Å². The second kappa shape index (κ2) is 4.17. The maximum Gasteiger partial charge on any atom is 0.162 e. The van der Waals surface area contributed by atoms with E-state index in [9.17, 15) is 9.59 Å². The summed E-state index contributed by atoms with van der Waals surface area (Å²) in [5.74, 6) is 0.0889. The fourth-order valence-corrected chi connectivity index (χ4v) is 1.60. The third-order valence-electron chi connectivity index (χ3n) is 2.38. The van der Waals surface area contributed by atoms with Gasteiger partial charge in [0.05, 0.1) is 0 Å². The SMILES string of the molecule is C=C(C)[C@@H]1CCC(CC=O)=CC1=O. The van der Waals surface area contributed by atoms with E-state index in [1.165, 1.54) is 0 Å². The van der Waals surface area contributed by atoms with Crippen LogP contribution in [0.25, 0.3) is 0 Å². The van der Waals surface area contributed by atoms with Gasteiger partial charge in [-0.05, 0) is 25.8 Å². The monoisotopic (exact) mass is 178 g/mol. The van der Waals surface area contributed by atoms with Crippen molar-refractivity contribution in [1.29, 1.82) is 0 Å². The van der Waals surface area contributed by atoms with Gasteiger partial charge in [0.2, 0.25) is 0 Å². The van der Waals surface area contributed by atoms with Crippen molar-refractivity contribution in [2.45, 2.75) is 26.2 Å². The minimum absolute atomic E-state index is 0.0181. The van der Waals surface area contributed by atoms with E-state index >= 15 is 0 Å². The Hall–Kier alpha value is -1.18. The zero-order chi connectivity index (χ0) is 9.84. The fourth-order valence-electron chi connectivity index (χ4n) is 1.60. The molecule has 0 aromatic heterocycles. The van der Waals surface area contributed by atoms with Gasteiger partial charge < -0.3 is 4.79 Å². The van der Waals surface area contributed by atoms with Crippen molar-refractivity contribution in [1.82, 2.24) is 0 Å². The number of carbonyl (C=O) groups is 2. The van der Waals surface area contributed by atoms with Crippen molar-refractivity contribution >= 4 is 12.1 Å². The van der Waals surface area contributed by atoms with Crippen LogP contribution in [0.4, 0.5) is 0 Å². The van der Waals surface area contributed by atoms with Gasteiger partial charge in [0, 0.05) is 12.3 Å². The second-order valence-electron chi connectivity index (χ2n) is 3.51. The molecule has 0 aromatic carbocycles. The number of rotatable bonds is 3. The number of hydrogen-bond donors (Lipinski definition) is 0. The van der Waals surface area contributed by atoms with Crippen LogP contribution in [0.3, 0.4) is 0 Å². The summed E-state index contributed by atoms with van der Waals surface area (Å²) < 4.78 is 0. The zero-order valence-corrected chi connectivity index (χ0v) is 7.88. The number of aldehydes is 1. The standard InChI is InChI=1S/C11H14O2/c1-8(2)10-4-3-9(5-6-12)7-11(10)13/h6-7,10H,1,3-5H2,2H3/t10-/m0/s1. The second-order valence-corrected chi connectivity index (χ2v) is 3.51. The van der Waals surface area contributed by atoms with Crippen molar-refractivity contribution < 1.29 is 9.59 Å². The van der Waals surface area contributed by atoms with Crippen LogP contribution >= 0.6 is 0 Å². The summed E-state index contributed by atoms with van der Waals surface area (Å²) in [6, 6.07) is 0. The summed E-state index contributed by atoms with van der Waals surface area (Å²) >= 11 is 0. The quantitative estimate of drug-likeness (QED) is 0.489. The summed E-state index contributed by atoms with van der Waals surface area (Å²) in [5.41, 5.74) is 1.88. The Labute approximate surface area is 78.3 Å². The molecular weight excluding hydrogens is 164 g/mol. The van der Waals surface area contributed by atoms with Gasteiger partial charge in [-0.2, -0.15) is 0 Å². The average Bonchev–Trinajstić information content (AvgIpc) is 2.04. The normalized spacial score (nSPS) is 22.4. The van der Waals surface area contributed by atoms with Crippen LogP contribution in [0.15, 0.2) is 23.8 Å². The molecule has 0 spiro atoms. The molecule has 0 fully saturated rings. The van der Waals surface area contributed by atoms with Gasteiger partial charge >= 0.3 is 0 Å². The Balaban J connectivity index is 2.71. The van der Waals surface area contributed by atoms with Gasteiger partial charge in [-0.25, -0.2) is 0 Å². The van der Waals surface area contributed by atoms with E-state index in [0.717, 1.165) is 30.3 Å². The molecule has 70 valence electrons. The van der Waals surface area contributed by atoms with Gasteiger partial charge in [0.15, 0.2) is 5.78 Å². The maximum atomic E-state index is 11.5. The molecule has 2 nitrogen and oxygen atoms in total. The van der Waals surface area contributed by atoms with Crippen molar-refractivity contribution in [2.75, 3.05) is 0 Å². The first kappa shape index (κ1) is 9.90. The van der Waals surface area contributed by atoms with Crippen LogP contribution in [0.2, 0.25) is 0 Å². The topological polar surface area (TPSA) is 34.1 Å². The number of ketones is 1. The minimum Gasteiger partial charge on any atom is -0.303 e. The summed E-state index contributed by atoms with van der Waals surface area (Å²) in [6.45, 7) is 5.66. The van der Waals surface area contributed by atoms with E-state index in [1.54, 1.807) is 6.08 Å². The molecule has 0 heterocycles. The first-order chi connectivity index (χ1) is 6.15. The molecule has 0 aliphatic heterocycles. The maximum absolute atomic E-state index is 11.5. The molecule has 0 unspecified atom stereocenters. The first-order valence-corrected chi connectivity index (χ1v) is 4.47. The lowest BCUT2D eigenvalue weighted by Crippen LogP contribution is -2.18. The zero-order valence-electron chi connectivity index (χ0n) is 7.88. The van der Waals surface area contributed by atoms with Crippen molar-refractivity contribution in [3.63, 3.8) is 0 Å². The highest BCUT2D eigenvalue weighted by molar-refractivity contribution is 5.95. The summed E-state index contributed by atoms with van der Waals surface area (Å²) in [6.07, 6.45) is 4.52. The van der Waals surface area contributed by atoms with Crippen LogP contribution in [0.1, 0.15) is 26.2 Å². The van der Waals surface area contributed by atoms with Gasteiger partial charge in [-0.15, -0.1) is 0 Å². The molecule has 0 amide bonds. The highest BCUT2D eigenvalue weighted by Gasteiger charge is 2.22. The van der Waals surface area contributed by atoms with E-state index in [2.05, 4.69) is 6.58 Å². The molecule has 0 aromatic rings. The van der Waals surface area contributed by atoms with Crippen molar-refractivity contribution in [3.05, 3.63) is 23.8 Å². The van der Waals surface area contributed by atoms with E-state index in [1.807, 2.05) is 6.92 Å². The smallest absolute Gasteiger partial charge is 0.162 e. The summed E-state index contributed by atoms with van der Waals surface area (Å²) in [7, 11) is 0. The van der Waals surface area contributed by atoms with Gasteiger partial charge in [-0.3, -0.25) is 4.79 Å². The minimum atomic E-state index is -0.0181. The van der Waals surface area contributed by atoms with Crippen LogP contribution in [-0.2, 0) is 9.59 Å². The molecule has 13 heavy (non-hydrogen) atoms. The summed E-state index contributed by atoms with van der Waals surface area (Å²) in [4.78, 5) is 21.7. The van der Waals surface area contributed by atoms with Crippen molar-refractivity contribution in [3.8, 4) is 0 Å². The number of hydrogen-bond acceptors (Lipinski definition) is 2. The Morgan fingerprint density at radius 1 is 1.77 bits per heavy atom. The van der Waals surface area contributed by atoms with Crippen LogP contribution in [0.5, 0.6) is 0 Å². The third kappa shape index (κ3) is 2.38. The highest BCUT2D eigenvalue weighted by Crippen LogP contribution is 2.26. The molecule has 0 radical (unpaired) electrons. The van der Waals surface area contributed by atoms with Crippen molar-refractivity contribution in [2.24, 2.45) is 5.92 Å². The number of allylic oxidation sites excluding steroid dienone is 3. The Morgan fingerprint density at radius 3 is 2.92 bits per heavy atom. The van der Waals surface area contributed by atoms with Gasteiger partial charge in [0.25, 0.3) is 0 Å². The fraction of sp³-hybridized carbons (Fsp3) is 0.455. The molecule has 1 aliphatic carbocycles. The first-order valence-electron chi connectivity index (χ1n) is 4.47. The van der Waals surface area contributed by atoms with Gasteiger partial charge in [-0.1, -0.05) is 17.7 Å². The molecule has 1 atom stereocenters. The number of carbonyl (C=O) groups excluding carboxylic acids is 2. The molecular formula is C11H14O2. The molecule has 2 heteroatoms. The van der Waals surface area contributed by atoms with Crippen LogP contribution in [0, 0.1) is 5.92 Å². The van der Waals surface area contributed by atoms with Crippen LogP contribution < -0.4 is 0 Å². The predicted octanol–water partition coefficient (Wildman–Crippen LogP) is 2.06. The molecule has 0 bridgehead atoms. The molecule has 0 N–H and O–H groups in total. The molecule has 1 rings (SSSR count). The van der Waals surface area contributed by atoms with Crippen LogP contribution in [-0.4, -0.2) is 12.1 Å². The Morgan fingerprint density at radius 2 is 2.46 bits per heavy atom. The largest absolute Gasteiger partial charge is 0.303 e. The lowest BCUT2D eigenvalue weighted by molar-refractivity contribution is -0.117. The predicted molar refractivity (Wildman–Crippen MR) is 51.3 cm³/mol. The average molecular weight is 178 g/mol. The third-order valence-corrected chi connectivity index (χ3v) is 2.38. The Bertz CT molecular complexity index is 274. The molecule has 1 aliphatic rings. The van der Waals surface area contributed by atoms with E-state index < -0.39 is 0 Å². The highest BCUT2D eigenvalue weighted by atomic mass is 16.1.